The van der Waals surface area contributed by atoms with E-state index in [1.54, 1.807) is 12.1 Å². The Morgan fingerprint density at radius 3 is 2.71 bits per heavy atom. The maximum Gasteiger partial charge on any atom is 0.368 e. The number of nitrogens with zero attached hydrogens (tertiary/aromatic N) is 4. The molecule has 1 aliphatic rings. The molecule has 1 atom stereocenters. The monoisotopic (exact) mass is 287 g/mol. The van der Waals surface area contributed by atoms with Crippen LogP contribution in [0.5, 0.6) is 0 Å². The lowest BCUT2D eigenvalue weighted by Gasteiger charge is -2.11. The van der Waals surface area contributed by atoms with Gasteiger partial charge in [0.1, 0.15) is 6.54 Å². The molecular formula is C14H17N5O2. The number of nitrogens with one attached hydrogen (secondary N) is 1. The summed E-state index contributed by atoms with van der Waals surface area (Å²) in [4.78, 5) is 24.1. The summed E-state index contributed by atoms with van der Waals surface area (Å²) in [6.45, 7) is 1.88. The fourth-order valence-corrected chi connectivity index (χ4v) is 2.25. The molecule has 1 fully saturated rings. The summed E-state index contributed by atoms with van der Waals surface area (Å²) in [5.74, 6) is 0.363. The van der Waals surface area contributed by atoms with Crippen LogP contribution in [-0.2, 0) is 11.3 Å². The molecule has 0 unspecified atom stereocenters. The molecule has 0 radical (unpaired) electrons. The molecule has 21 heavy (non-hydrogen) atoms. The van der Waals surface area contributed by atoms with Crippen LogP contribution in [0.25, 0.3) is 5.69 Å². The summed E-state index contributed by atoms with van der Waals surface area (Å²) in [5, 5.41) is 10.4. The van der Waals surface area contributed by atoms with Crippen LogP contribution < -0.4 is 11.0 Å². The Hall–Kier alpha value is -2.44. The van der Waals surface area contributed by atoms with Crippen molar-refractivity contribution in [3.8, 4) is 5.69 Å². The van der Waals surface area contributed by atoms with E-state index < -0.39 is 5.69 Å². The number of para-hydroxylation sites is 1. The molecule has 110 valence electrons. The molecule has 0 spiro atoms. The Balaban J connectivity index is 1.70. The van der Waals surface area contributed by atoms with E-state index in [9.17, 15) is 9.59 Å². The van der Waals surface area contributed by atoms with Crippen molar-refractivity contribution in [2.75, 3.05) is 0 Å². The first-order valence-electron chi connectivity index (χ1n) is 7.03. The number of benzene rings is 1. The van der Waals surface area contributed by atoms with Crippen molar-refractivity contribution >= 4 is 5.91 Å². The number of aromatic nitrogens is 4. The maximum atomic E-state index is 12.2. The van der Waals surface area contributed by atoms with Crippen LogP contribution in [0, 0.1) is 5.92 Å². The van der Waals surface area contributed by atoms with Crippen LogP contribution in [0.15, 0.2) is 35.1 Å². The Bertz CT molecular complexity index is 687. The fourth-order valence-electron chi connectivity index (χ4n) is 2.25. The van der Waals surface area contributed by atoms with E-state index in [1.807, 2.05) is 25.1 Å². The van der Waals surface area contributed by atoms with Crippen LogP contribution in [0.3, 0.4) is 0 Å². The minimum Gasteiger partial charge on any atom is -0.352 e. The van der Waals surface area contributed by atoms with E-state index in [2.05, 4.69) is 15.7 Å². The lowest BCUT2D eigenvalue weighted by atomic mass is 10.2. The van der Waals surface area contributed by atoms with Crippen LogP contribution in [0.1, 0.15) is 19.8 Å². The normalized spacial score (nSPS) is 15.7. The number of hydrogen-bond acceptors (Lipinski definition) is 4. The lowest BCUT2D eigenvalue weighted by molar-refractivity contribution is -0.122. The van der Waals surface area contributed by atoms with E-state index in [0.29, 0.717) is 11.6 Å². The van der Waals surface area contributed by atoms with Crippen molar-refractivity contribution in [2.45, 2.75) is 32.4 Å². The summed E-state index contributed by atoms with van der Waals surface area (Å²) in [6.07, 6.45) is 2.32. The second kappa shape index (κ2) is 5.51. The number of hydrogen-bond donors (Lipinski definition) is 1. The Morgan fingerprint density at radius 1 is 1.33 bits per heavy atom. The second-order valence-corrected chi connectivity index (χ2v) is 5.36. The third kappa shape index (κ3) is 3.01. The Morgan fingerprint density at radius 2 is 2.05 bits per heavy atom. The highest BCUT2D eigenvalue weighted by Gasteiger charge is 2.29. The van der Waals surface area contributed by atoms with E-state index in [0.717, 1.165) is 17.5 Å². The molecule has 2 aromatic rings. The van der Waals surface area contributed by atoms with Gasteiger partial charge in [-0.2, -0.15) is 9.36 Å². The van der Waals surface area contributed by atoms with Crippen molar-refractivity contribution < 1.29 is 4.79 Å². The molecule has 0 saturated heterocycles. The number of amides is 1. The van der Waals surface area contributed by atoms with Gasteiger partial charge in [0.05, 0.1) is 5.69 Å². The van der Waals surface area contributed by atoms with Crippen molar-refractivity contribution in [3.63, 3.8) is 0 Å². The van der Waals surface area contributed by atoms with Crippen molar-refractivity contribution in [3.05, 3.63) is 40.8 Å². The van der Waals surface area contributed by atoms with Gasteiger partial charge in [0, 0.05) is 6.04 Å². The zero-order chi connectivity index (χ0) is 14.8. The van der Waals surface area contributed by atoms with E-state index >= 15 is 0 Å². The van der Waals surface area contributed by atoms with Gasteiger partial charge >= 0.3 is 5.69 Å². The highest BCUT2D eigenvalue weighted by atomic mass is 16.2. The smallest absolute Gasteiger partial charge is 0.352 e. The molecule has 7 nitrogen and oxygen atoms in total. The third-order valence-electron chi connectivity index (χ3n) is 3.65. The number of tetrazole rings is 1. The largest absolute Gasteiger partial charge is 0.368 e. The van der Waals surface area contributed by atoms with Crippen LogP contribution in [0.2, 0.25) is 0 Å². The molecule has 1 saturated carbocycles. The molecule has 1 aliphatic carbocycles. The van der Waals surface area contributed by atoms with E-state index in [1.165, 1.54) is 4.68 Å². The number of rotatable bonds is 5. The molecular weight excluding hydrogens is 270 g/mol. The standard InChI is InChI=1S/C14H17N5O2/c1-10(11-7-8-11)15-13(20)9-18-14(21)19(17-16-18)12-5-3-2-4-6-12/h2-6,10-11H,7-9H2,1H3,(H,15,20)/t10-/m1/s1. The molecule has 7 heteroatoms. The van der Waals surface area contributed by atoms with E-state index in [4.69, 9.17) is 0 Å². The van der Waals surface area contributed by atoms with Gasteiger partial charge in [0.15, 0.2) is 0 Å². The molecule has 1 N–H and O–H groups in total. The molecule has 3 rings (SSSR count). The average Bonchev–Trinajstić information content (AvgIpc) is 3.27. The number of carbonyl (C=O) groups is 1. The predicted octanol–water partition coefficient (Wildman–Crippen LogP) is 0.344. The molecule has 0 aliphatic heterocycles. The summed E-state index contributed by atoms with van der Waals surface area (Å²) >= 11 is 0. The van der Waals surface area contributed by atoms with Gasteiger partial charge in [-0.1, -0.05) is 18.2 Å². The Kier molecular flexibility index (Phi) is 3.55. The molecule has 1 aromatic carbocycles. The Labute approximate surface area is 121 Å². The SMILES string of the molecule is C[C@@H](NC(=O)Cn1nnn(-c2ccccc2)c1=O)C1CC1. The third-order valence-corrected chi connectivity index (χ3v) is 3.65. The first kappa shape index (κ1) is 13.5. The highest BCUT2D eigenvalue weighted by molar-refractivity contribution is 5.75. The zero-order valence-corrected chi connectivity index (χ0v) is 11.8. The van der Waals surface area contributed by atoms with Crippen LogP contribution in [0.4, 0.5) is 0 Å². The maximum absolute atomic E-state index is 12.2. The summed E-state index contributed by atoms with van der Waals surface area (Å²) < 4.78 is 2.25. The summed E-state index contributed by atoms with van der Waals surface area (Å²) in [7, 11) is 0. The van der Waals surface area contributed by atoms with Gasteiger partial charge in [0.25, 0.3) is 0 Å². The topological polar surface area (TPSA) is 81.8 Å². The van der Waals surface area contributed by atoms with Gasteiger partial charge < -0.3 is 5.32 Å². The average molecular weight is 287 g/mol. The minimum absolute atomic E-state index is 0.108. The summed E-state index contributed by atoms with van der Waals surface area (Å²) in [6, 6.07) is 9.14. The molecule has 0 bridgehead atoms. The van der Waals surface area contributed by atoms with E-state index in [-0.39, 0.29) is 18.5 Å². The fraction of sp³-hybridized carbons (Fsp3) is 0.429. The van der Waals surface area contributed by atoms with Crippen molar-refractivity contribution in [1.82, 2.24) is 25.1 Å². The van der Waals surface area contributed by atoms with Gasteiger partial charge in [0.2, 0.25) is 5.91 Å². The minimum atomic E-state index is -0.421. The molecule has 1 heterocycles. The zero-order valence-electron chi connectivity index (χ0n) is 11.8. The van der Waals surface area contributed by atoms with Gasteiger partial charge in [-0.25, -0.2) is 4.79 Å². The lowest BCUT2D eigenvalue weighted by Crippen LogP contribution is -2.38. The van der Waals surface area contributed by atoms with Gasteiger partial charge in [-0.3, -0.25) is 4.79 Å². The summed E-state index contributed by atoms with van der Waals surface area (Å²) in [5.41, 5.74) is 0.205. The number of carbonyl (C=O) groups excluding carboxylic acids is 1. The second-order valence-electron chi connectivity index (χ2n) is 5.36. The van der Waals surface area contributed by atoms with Gasteiger partial charge in [-0.15, -0.1) is 0 Å². The molecule has 1 aromatic heterocycles. The van der Waals surface area contributed by atoms with Gasteiger partial charge in [-0.05, 0) is 48.2 Å². The highest BCUT2D eigenvalue weighted by Crippen LogP contribution is 2.32. The first-order chi connectivity index (χ1) is 10.1. The first-order valence-corrected chi connectivity index (χ1v) is 7.03. The molecule has 1 amide bonds. The quantitative estimate of drug-likeness (QED) is 0.860. The predicted molar refractivity (Wildman–Crippen MR) is 75.9 cm³/mol. The van der Waals surface area contributed by atoms with Crippen molar-refractivity contribution in [1.29, 1.82) is 0 Å². The van der Waals surface area contributed by atoms with Crippen LogP contribution >= 0.6 is 0 Å². The van der Waals surface area contributed by atoms with Crippen LogP contribution in [-0.4, -0.2) is 31.7 Å². The van der Waals surface area contributed by atoms with Crippen molar-refractivity contribution in [2.24, 2.45) is 5.92 Å².